The molecule has 1 amide bonds. The first-order valence-electron chi connectivity index (χ1n) is 8.87. The van der Waals surface area contributed by atoms with E-state index in [0.717, 1.165) is 32.5 Å². The number of carbonyl (C=O) groups excluding carboxylic acids is 1. The highest BCUT2D eigenvalue weighted by atomic mass is 32.2. The van der Waals surface area contributed by atoms with Crippen LogP contribution in [0.3, 0.4) is 0 Å². The molecule has 1 atom stereocenters. The summed E-state index contributed by atoms with van der Waals surface area (Å²) < 4.78 is 27.0. The topological polar surface area (TPSA) is 78.5 Å². The fraction of sp³-hybridized carbons (Fsp3) is 0.611. The summed E-state index contributed by atoms with van der Waals surface area (Å²) in [5, 5.41) is 3.17. The summed E-state index contributed by atoms with van der Waals surface area (Å²) in [7, 11) is -1.60. The van der Waals surface area contributed by atoms with Crippen LogP contribution in [0.2, 0.25) is 0 Å². The van der Waals surface area contributed by atoms with Crippen LogP contribution in [0.4, 0.5) is 0 Å². The molecular weight excluding hydrogens is 338 g/mol. The summed E-state index contributed by atoms with van der Waals surface area (Å²) >= 11 is 0. The first-order chi connectivity index (χ1) is 11.8. The zero-order chi connectivity index (χ0) is 18.4. The number of sulfonamides is 1. The zero-order valence-corrected chi connectivity index (χ0v) is 16.1. The van der Waals surface area contributed by atoms with Gasteiger partial charge in [-0.2, -0.15) is 0 Å². The van der Waals surface area contributed by atoms with Crippen LogP contribution in [0.25, 0.3) is 0 Å². The normalized spacial score (nSPS) is 18.6. The van der Waals surface area contributed by atoms with Gasteiger partial charge in [-0.05, 0) is 62.5 Å². The number of likely N-dealkylation sites (tertiary alicyclic amines) is 1. The molecule has 2 N–H and O–H groups in total. The molecule has 1 unspecified atom stereocenters. The van der Waals surface area contributed by atoms with Gasteiger partial charge in [0.25, 0.3) is 5.91 Å². The van der Waals surface area contributed by atoms with E-state index in [4.69, 9.17) is 0 Å². The predicted molar refractivity (Wildman–Crippen MR) is 99.0 cm³/mol. The summed E-state index contributed by atoms with van der Waals surface area (Å²) in [6, 6.07) is 6.22. The molecule has 25 heavy (non-hydrogen) atoms. The van der Waals surface area contributed by atoms with Crippen molar-refractivity contribution in [2.45, 2.75) is 31.6 Å². The van der Waals surface area contributed by atoms with Crippen LogP contribution in [0, 0.1) is 11.8 Å². The number of nitrogens with zero attached hydrogens (tertiary/aromatic N) is 1. The molecule has 7 heteroatoms. The van der Waals surface area contributed by atoms with Crippen molar-refractivity contribution in [3.63, 3.8) is 0 Å². The molecule has 6 nitrogen and oxygen atoms in total. The summed E-state index contributed by atoms with van der Waals surface area (Å²) in [6.07, 6.45) is 2.13. The Hall–Kier alpha value is -1.44. The van der Waals surface area contributed by atoms with Gasteiger partial charge < -0.3 is 10.2 Å². The Bertz CT molecular complexity index is 669. The Kier molecular flexibility index (Phi) is 6.98. The van der Waals surface area contributed by atoms with Crippen LogP contribution in [0.1, 0.15) is 37.0 Å². The molecule has 0 aromatic heterocycles. The Morgan fingerprint density at radius 1 is 1.28 bits per heavy atom. The summed E-state index contributed by atoms with van der Waals surface area (Å²) in [6.45, 7) is 6.70. The standard InChI is InChI=1S/C18H29N3O3S/c1-14(2)11-20-25(23,24)17-8-6-16(7-9-17)18(22)21-10-4-5-15(13-21)12-19-3/h6-9,14-15,19-20H,4-5,10-13H2,1-3H3. The number of carbonyl (C=O) groups is 1. The molecule has 1 aromatic carbocycles. The minimum absolute atomic E-state index is 0.0279. The second-order valence-electron chi connectivity index (χ2n) is 7.09. The Labute approximate surface area is 151 Å². The molecule has 0 bridgehead atoms. The maximum atomic E-state index is 12.7. The minimum atomic E-state index is -3.52. The molecule has 140 valence electrons. The molecule has 1 fully saturated rings. The SMILES string of the molecule is CNCC1CCCN(C(=O)c2ccc(S(=O)(=O)NCC(C)C)cc2)C1. The van der Waals surface area contributed by atoms with Gasteiger partial charge in [0.05, 0.1) is 4.90 Å². The minimum Gasteiger partial charge on any atom is -0.338 e. The lowest BCUT2D eigenvalue weighted by atomic mass is 9.97. The monoisotopic (exact) mass is 367 g/mol. The molecule has 1 aliphatic rings. The van der Waals surface area contributed by atoms with Crippen LogP contribution in [-0.2, 0) is 10.0 Å². The average Bonchev–Trinajstić information content (AvgIpc) is 2.60. The van der Waals surface area contributed by atoms with Crippen LogP contribution < -0.4 is 10.0 Å². The van der Waals surface area contributed by atoms with Gasteiger partial charge in [0.1, 0.15) is 0 Å². The van der Waals surface area contributed by atoms with E-state index in [0.29, 0.717) is 18.0 Å². The fourth-order valence-corrected chi connectivity index (χ4v) is 4.24. The number of nitrogens with one attached hydrogen (secondary N) is 2. The van der Waals surface area contributed by atoms with Crippen LogP contribution in [-0.4, -0.2) is 52.5 Å². The fourth-order valence-electron chi connectivity index (χ4n) is 3.02. The van der Waals surface area contributed by atoms with E-state index in [1.54, 1.807) is 12.1 Å². The molecule has 1 saturated heterocycles. The van der Waals surface area contributed by atoms with E-state index in [1.807, 2.05) is 25.8 Å². The molecule has 0 saturated carbocycles. The Morgan fingerprint density at radius 2 is 1.96 bits per heavy atom. The molecule has 1 heterocycles. The third-order valence-electron chi connectivity index (χ3n) is 4.39. The average molecular weight is 368 g/mol. The van der Waals surface area contributed by atoms with E-state index < -0.39 is 10.0 Å². The molecule has 0 spiro atoms. The lowest BCUT2D eigenvalue weighted by molar-refractivity contribution is 0.0674. The van der Waals surface area contributed by atoms with Crippen molar-refractivity contribution >= 4 is 15.9 Å². The lowest BCUT2D eigenvalue weighted by Crippen LogP contribution is -2.42. The smallest absolute Gasteiger partial charge is 0.253 e. The van der Waals surface area contributed by atoms with Gasteiger partial charge in [-0.1, -0.05) is 13.8 Å². The van der Waals surface area contributed by atoms with Crippen molar-refractivity contribution in [3.05, 3.63) is 29.8 Å². The Morgan fingerprint density at radius 3 is 2.56 bits per heavy atom. The van der Waals surface area contributed by atoms with E-state index in [-0.39, 0.29) is 16.7 Å². The molecule has 0 radical (unpaired) electrons. The molecule has 0 aliphatic carbocycles. The highest BCUT2D eigenvalue weighted by Crippen LogP contribution is 2.19. The van der Waals surface area contributed by atoms with Gasteiger partial charge in [-0.3, -0.25) is 4.79 Å². The lowest BCUT2D eigenvalue weighted by Gasteiger charge is -2.32. The van der Waals surface area contributed by atoms with Crippen molar-refractivity contribution in [3.8, 4) is 0 Å². The van der Waals surface area contributed by atoms with E-state index in [2.05, 4.69) is 10.0 Å². The van der Waals surface area contributed by atoms with Crippen molar-refractivity contribution in [1.29, 1.82) is 0 Å². The van der Waals surface area contributed by atoms with Gasteiger partial charge in [0.15, 0.2) is 0 Å². The van der Waals surface area contributed by atoms with Gasteiger partial charge in [-0.25, -0.2) is 13.1 Å². The van der Waals surface area contributed by atoms with Crippen molar-refractivity contribution in [2.24, 2.45) is 11.8 Å². The second-order valence-corrected chi connectivity index (χ2v) is 8.85. The van der Waals surface area contributed by atoms with Crippen molar-refractivity contribution in [2.75, 3.05) is 33.2 Å². The van der Waals surface area contributed by atoms with Crippen molar-refractivity contribution in [1.82, 2.24) is 14.9 Å². The zero-order valence-electron chi connectivity index (χ0n) is 15.3. The second kappa shape index (κ2) is 8.78. The molecule has 1 aromatic rings. The quantitative estimate of drug-likeness (QED) is 0.769. The van der Waals surface area contributed by atoms with Crippen LogP contribution in [0.15, 0.2) is 29.2 Å². The maximum Gasteiger partial charge on any atom is 0.253 e. The summed E-state index contributed by atoms with van der Waals surface area (Å²) in [4.78, 5) is 14.7. The maximum absolute atomic E-state index is 12.7. The number of piperidine rings is 1. The number of hydrogen-bond acceptors (Lipinski definition) is 4. The first-order valence-corrected chi connectivity index (χ1v) is 10.4. The number of benzene rings is 1. The highest BCUT2D eigenvalue weighted by Gasteiger charge is 2.24. The van der Waals surface area contributed by atoms with Crippen LogP contribution in [0.5, 0.6) is 0 Å². The van der Waals surface area contributed by atoms with Crippen LogP contribution >= 0.6 is 0 Å². The molecule has 2 rings (SSSR count). The third kappa shape index (κ3) is 5.52. The molecule has 1 aliphatic heterocycles. The third-order valence-corrected chi connectivity index (χ3v) is 5.83. The highest BCUT2D eigenvalue weighted by molar-refractivity contribution is 7.89. The van der Waals surface area contributed by atoms with Gasteiger partial charge in [0.2, 0.25) is 10.0 Å². The van der Waals surface area contributed by atoms with Gasteiger partial charge in [-0.15, -0.1) is 0 Å². The van der Waals surface area contributed by atoms with Crippen molar-refractivity contribution < 1.29 is 13.2 Å². The van der Waals surface area contributed by atoms with Gasteiger partial charge >= 0.3 is 0 Å². The van der Waals surface area contributed by atoms with E-state index in [9.17, 15) is 13.2 Å². The predicted octanol–water partition coefficient (Wildman–Crippen LogP) is 1.69. The first kappa shape index (κ1) is 19.9. The van der Waals surface area contributed by atoms with Gasteiger partial charge in [0, 0.05) is 25.2 Å². The largest absolute Gasteiger partial charge is 0.338 e. The van der Waals surface area contributed by atoms with E-state index in [1.165, 1.54) is 12.1 Å². The van der Waals surface area contributed by atoms with E-state index >= 15 is 0 Å². The summed E-state index contributed by atoms with van der Waals surface area (Å²) in [5.41, 5.74) is 0.535. The number of amides is 1. The number of hydrogen-bond donors (Lipinski definition) is 2. The number of rotatable bonds is 7. The Balaban J connectivity index is 2.05. The molecular formula is C18H29N3O3S. The summed E-state index contributed by atoms with van der Waals surface area (Å²) in [5.74, 6) is 0.683.